The Balaban J connectivity index is 1.77. The summed E-state index contributed by atoms with van der Waals surface area (Å²) >= 11 is 0. The van der Waals surface area contributed by atoms with E-state index in [2.05, 4.69) is 4.74 Å². The number of hydrogen-bond donors (Lipinski definition) is 0. The van der Waals surface area contributed by atoms with Crippen molar-refractivity contribution in [3.05, 3.63) is 30.1 Å². The molecule has 0 bridgehead atoms. The van der Waals surface area contributed by atoms with Crippen LogP contribution >= 0.6 is 0 Å². The molecule has 6 nitrogen and oxygen atoms in total. The number of methoxy groups -OCH3 is 1. The molecule has 114 valence electrons. The van der Waals surface area contributed by atoms with Crippen LogP contribution in [-0.4, -0.2) is 61.7 Å². The molecule has 1 heterocycles. The number of carbonyl (C=O) groups excluding carboxylic acids is 2. The van der Waals surface area contributed by atoms with Gasteiger partial charge in [0.25, 0.3) is 5.91 Å². The van der Waals surface area contributed by atoms with Gasteiger partial charge in [-0.05, 0) is 24.3 Å². The predicted molar refractivity (Wildman–Crippen MR) is 72.5 cm³/mol. The highest BCUT2D eigenvalue weighted by atomic mass is 19.1. The van der Waals surface area contributed by atoms with Crippen molar-refractivity contribution < 1.29 is 23.5 Å². The van der Waals surface area contributed by atoms with E-state index in [1.807, 2.05) is 0 Å². The quantitative estimate of drug-likeness (QED) is 0.838. The molecule has 0 radical (unpaired) electrons. The van der Waals surface area contributed by atoms with E-state index in [0.717, 1.165) is 0 Å². The van der Waals surface area contributed by atoms with E-state index in [-0.39, 0.29) is 24.4 Å². The summed E-state index contributed by atoms with van der Waals surface area (Å²) in [6.07, 6.45) is -0.385. The van der Waals surface area contributed by atoms with Gasteiger partial charge in [-0.3, -0.25) is 4.79 Å². The average molecular weight is 296 g/mol. The van der Waals surface area contributed by atoms with Crippen molar-refractivity contribution in [2.75, 3.05) is 39.9 Å². The number of piperazine rings is 1. The Labute approximate surface area is 122 Å². The average Bonchev–Trinajstić information content (AvgIpc) is 2.53. The maximum Gasteiger partial charge on any atom is 0.409 e. The summed E-state index contributed by atoms with van der Waals surface area (Å²) in [5, 5.41) is 0. The van der Waals surface area contributed by atoms with E-state index < -0.39 is 0 Å². The maximum atomic E-state index is 12.7. The third kappa shape index (κ3) is 4.08. The van der Waals surface area contributed by atoms with E-state index in [4.69, 9.17) is 4.74 Å². The van der Waals surface area contributed by atoms with Crippen LogP contribution < -0.4 is 4.74 Å². The minimum Gasteiger partial charge on any atom is -0.484 e. The fourth-order valence-corrected chi connectivity index (χ4v) is 2.03. The van der Waals surface area contributed by atoms with Crippen LogP contribution in [0.15, 0.2) is 24.3 Å². The van der Waals surface area contributed by atoms with Gasteiger partial charge in [0, 0.05) is 26.2 Å². The number of rotatable bonds is 3. The number of ether oxygens (including phenoxy) is 2. The number of benzene rings is 1. The molecule has 2 amide bonds. The van der Waals surface area contributed by atoms with E-state index in [1.54, 1.807) is 9.80 Å². The molecular formula is C14H17FN2O4. The summed E-state index contributed by atoms with van der Waals surface area (Å²) in [6.45, 7) is 1.66. The Hall–Kier alpha value is -2.31. The van der Waals surface area contributed by atoms with Gasteiger partial charge in [0.2, 0.25) is 0 Å². The van der Waals surface area contributed by atoms with Crippen LogP contribution in [0, 0.1) is 5.82 Å². The second kappa shape index (κ2) is 6.92. The molecule has 1 saturated heterocycles. The summed E-state index contributed by atoms with van der Waals surface area (Å²) in [6, 6.07) is 5.49. The molecule has 0 spiro atoms. The van der Waals surface area contributed by atoms with Crippen LogP contribution in [0.4, 0.5) is 9.18 Å². The second-order valence-corrected chi connectivity index (χ2v) is 4.58. The van der Waals surface area contributed by atoms with Crippen LogP contribution in [-0.2, 0) is 9.53 Å². The molecule has 1 aromatic carbocycles. The summed E-state index contributed by atoms with van der Waals surface area (Å²) in [4.78, 5) is 26.5. The second-order valence-electron chi connectivity index (χ2n) is 4.58. The molecule has 7 heteroatoms. The fourth-order valence-electron chi connectivity index (χ4n) is 2.03. The summed E-state index contributed by atoms with van der Waals surface area (Å²) in [5.74, 6) is -0.0746. The molecule has 0 atom stereocenters. The highest BCUT2D eigenvalue weighted by Gasteiger charge is 2.24. The topological polar surface area (TPSA) is 59.1 Å². The zero-order valence-corrected chi connectivity index (χ0v) is 11.8. The Morgan fingerprint density at radius 2 is 1.67 bits per heavy atom. The van der Waals surface area contributed by atoms with Crippen molar-refractivity contribution >= 4 is 12.0 Å². The molecule has 1 fully saturated rings. The van der Waals surface area contributed by atoms with Crippen molar-refractivity contribution in [1.82, 2.24) is 9.80 Å². The maximum absolute atomic E-state index is 12.7. The first kappa shape index (κ1) is 15.1. The normalized spacial score (nSPS) is 14.8. The number of halogens is 1. The van der Waals surface area contributed by atoms with Gasteiger partial charge in [-0.15, -0.1) is 0 Å². The highest BCUT2D eigenvalue weighted by molar-refractivity contribution is 5.78. The molecule has 0 saturated carbocycles. The molecule has 0 aliphatic carbocycles. The summed E-state index contributed by atoms with van der Waals surface area (Å²) in [7, 11) is 1.33. The zero-order valence-electron chi connectivity index (χ0n) is 11.8. The van der Waals surface area contributed by atoms with Gasteiger partial charge in [-0.1, -0.05) is 0 Å². The molecule has 0 unspecified atom stereocenters. The number of nitrogens with zero attached hydrogens (tertiary/aromatic N) is 2. The lowest BCUT2D eigenvalue weighted by Crippen LogP contribution is -2.51. The van der Waals surface area contributed by atoms with Crippen molar-refractivity contribution in [1.29, 1.82) is 0 Å². The van der Waals surface area contributed by atoms with Gasteiger partial charge in [0.1, 0.15) is 11.6 Å². The zero-order chi connectivity index (χ0) is 15.2. The van der Waals surface area contributed by atoms with Gasteiger partial charge in [0.15, 0.2) is 6.61 Å². The van der Waals surface area contributed by atoms with Crippen molar-refractivity contribution in [3.63, 3.8) is 0 Å². The molecule has 1 aromatic rings. The molecule has 0 N–H and O–H groups in total. The lowest BCUT2D eigenvalue weighted by molar-refractivity contribution is -0.134. The summed E-state index contributed by atoms with van der Waals surface area (Å²) in [5.41, 5.74) is 0. The minimum absolute atomic E-state index is 0.107. The van der Waals surface area contributed by atoms with Gasteiger partial charge in [-0.2, -0.15) is 0 Å². The van der Waals surface area contributed by atoms with Crippen molar-refractivity contribution in [2.45, 2.75) is 0 Å². The molecule has 1 aliphatic heterocycles. The Bertz CT molecular complexity index is 498. The molecule has 2 rings (SSSR count). The molecule has 1 aliphatic rings. The number of hydrogen-bond acceptors (Lipinski definition) is 4. The van der Waals surface area contributed by atoms with Gasteiger partial charge in [0.05, 0.1) is 7.11 Å². The van der Waals surface area contributed by atoms with Crippen LogP contribution in [0.3, 0.4) is 0 Å². The monoisotopic (exact) mass is 296 g/mol. The van der Waals surface area contributed by atoms with Crippen LogP contribution in [0.25, 0.3) is 0 Å². The number of carbonyl (C=O) groups is 2. The van der Waals surface area contributed by atoms with E-state index in [9.17, 15) is 14.0 Å². The van der Waals surface area contributed by atoms with Crippen LogP contribution in [0.5, 0.6) is 5.75 Å². The van der Waals surface area contributed by atoms with Gasteiger partial charge in [-0.25, -0.2) is 9.18 Å². The van der Waals surface area contributed by atoms with Crippen molar-refractivity contribution in [3.8, 4) is 5.75 Å². The highest BCUT2D eigenvalue weighted by Crippen LogP contribution is 2.11. The largest absolute Gasteiger partial charge is 0.484 e. The third-order valence-electron chi connectivity index (χ3n) is 3.24. The van der Waals surface area contributed by atoms with Crippen LogP contribution in [0.2, 0.25) is 0 Å². The SMILES string of the molecule is COC(=O)N1CCN(C(=O)COc2ccc(F)cc2)CC1. The minimum atomic E-state index is -0.385. The smallest absolute Gasteiger partial charge is 0.409 e. The fraction of sp³-hybridized carbons (Fsp3) is 0.429. The first-order chi connectivity index (χ1) is 10.1. The molecular weight excluding hydrogens is 279 g/mol. The Morgan fingerprint density at radius 1 is 1.10 bits per heavy atom. The standard InChI is InChI=1S/C14H17FN2O4/c1-20-14(19)17-8-6-16(7-9-17)13(18)10-21-12-4-2-11(15)3-5-12/h2-5H,6-10H2,1H3. The number of amides is 2. The Morgan fingerprint density at radius 3 is 2.24 bits per heavy atom. The van der Waals surface area contributed by atoms with Crippen LogP contribution in [0.1, 0.15) is 0 Å². The third-order valence-corrected chi connectivity index (χ3v) is 3.24. The van der Waals surface area contributed by atoms with Gasteiger partial charge < -0.3 is 19.3 Å². The predicted octanol–water partition coefficient (Wildman–Crippen LogP) is 1.12. The van der Waals surface area contributed by atoms with Crippen molar-refractivity contribution in [2.24, 2.45) is 0 Å². The van der Waals surface area contributed by atoms with E-state index in [1.165, 1.54) is 31.4 Å². The summed E-state index contributed by atoms with van der Waals surface area (Å²) < 4.78 is 22.7. The van der Waals surface area contributed by atoms with E-state index >= 15 is 0 Å². The lowest BCUT2D eigenvalue weighted by atomic mass is 10.3. The van der Waals surface area contributed by atoms with Gasteiger partial charge >= 0.3 is 6.09 Å². The first-order valence-corrected chi connectivity index (χ1v) is 6.59. The first-order valence-electron chi connectivity index (χ1n) is 6.59. The Kier molecular flexibility index (Phi) is 4.97. The van der Waals surface area contributed by atoms with E-state index in [0.29, 0.717) is 31.9 Å². The lowest BCUT2D eigenvalue weighted by Gasteiger charge is -2.33. The molecule has 21 heavy (non-hydrogen) atoms. The molecule has 0 aromatic heterocycles.